The maximum atomic E-state index is 6.25. The van der Waals surface area contributed by atoms with Crippen molar-refractivity contribution in [3.05, 3.63) is 33.8 Å². The highest BCUT2D eigenvalue weighted by Crippen LogP contribution is 2.23. The Morgan fingerprint density at radius 3 is 2.83 bits per heavy atom. The zero-order chi connectivity index (χ0) is 13.1. The smallest absolute Gasteiger partial charge is 0.0465 e. The van der Waals surface area contributed by atoms with Gasteiger partial charge in [-0.3, -0.25) is 4.90 Å². The van der Waals surface area contributed by atoms with Gasteiger partial charge in [-0.05, 0) is 44.5 Å². The molecule has 0 aliphatic carbocycles. The molecule has 2 rings (SSSR count). The van der Waals surface area contributed by atoms with Gasteiger partial charge < -0.3 is 5.32 Å². The first kappa shape index (κ1) is 14.1. The largest absolute Gasteiger partial charge is 0.313 e. The van der Waals surface area contributed by atoms with Crippen LogP contribution in [0.2, 0.25) is 10.0 Å². The van der Waals surface area contributed by atoms with Gasteiger partial charge in [-0.1, -0.05) is 29.3 Å². The Bertz CT molecular complexity index is 409. The molecule has 1 saturated heterocycles. The van der Waals surface area contributed by atoms with Crippen LogP contribution in [0.3, 0.4) is 0 Å². The summed E-state index contributed by atoms with van der Waals surface area (Å²) in [6.07, 6.45) is 1.18. The molecule has 1 aromatic carbocycles. The van der Waals surface area contributed by atoms with Crippen LogP contribution in [0, 0.1) is 0 Å². The van der Waals surface area contributed by atoms with Crippen LogP contribution >= 0.6 is 23.2 Å². The normalized spacial score (nSPS) is 26.0. The second-order valence-electron chi connectivity index (χ2n) is 5.16. The van der Waals surface area contributed by atoms with Gasteiger partial charge in [0.2, 0.25) is 0 Å². The molecule has 18 heavy (non-hydrogen) atoms. The number of rotatable bonds is 2. The third kappa shape index (κ3) is 3.61. The molecule has 2 nitrogen and oxygen atoms in total. The van der Waals surface area contributed by atoms with E-state index in [4.69, 9.17) is 23.2 Å². The molecule has 2 unspecified atom stereocenters. The number of halogens is 2. The second-order valence-corrected chi connectivity index (χ2v) is 6.00. The van der Waals surface area contributed by atoms with Gasteiger partial charge in [0.05, 0.1) is 0 Å². The Labute approximate surface area is 119 Å². The highest BCUT2D eigenvalue weighted by molar-refractivity contribution is 6.35. The van der Waals surface area contributed by atoms with E-state index in [-0.39, 0.29) is 0 Å². The van der Waals surface area contributed by atoms with E-state index in [1.807, 2.05) is 18.2 Å². The van der Waals surface area contributed by atoms with Crippen molar-refractivity contribution in [2.75, 3.05) is 13.1 Å². The monoisotopic (exact) mass is 286 g/mol. The standard InChI is InChI=1S/C14H20Cl2N2/c1-10-8-18(11(2)5-6-17-10)9-12-3-4-13(15)7-14(12)16/h3-4,7,10-11,17H,5-6,8-9H2,1-2H3. The second kappa shape index (κ2) is 6.25. The lowest BCUT2D eigenvalue weighted by Crippen LogP contribution is -2.38. The minimum absolute atomic E-state index is 0.529. The Hall–Kier alpha value is -0.280. The molecule has 0 saturated carbocycles. The molecule has 1 fully saturated rings. The van der Waals surface area contributed by atoms with Gasteiger partial charge in [-0.15, -0.1) is 0 Å². The summed E-state index contributed by atoms with van der Waals surface area (Å²) in [6, 6.07) is 6.87. The van der Waals surface area contributed by atoms with E-state index in [1.54, 1.807) is 0 Å². The predicted octanol–water partition coefficient (Wildman–Crippen LogP) is 3.57. The van der Waals surface area contributed by atoms with E-state index in [0.717, 1.165) is 30.2 Å². The fraction of sp³-hybridized carbons (Fsp3) is 0.571. The van der Waals surface area contributed by atoms with E-state index >= 15 is 0 Å². The summed E-state index contributed by atoms with van der Waals surface area (Å²) in [4.78, 5) is 2.49. The Morgan fingerprint density at radius 1 is 1.33 bits per heavy atom. The van der Waals surface area contributed by atoms with E-state index in [9.17, 15) is 0 Å². The average molecular weight is 287 g/mol. The molecule has 2 atom stereocenters. The van der Waals surface area contributed by atoms with Crippen LogP contribution in [0.15, 0.2) is 18.2 Å². The van der Waals surface area contributed by atoms with Gasteiger partial charge in [-0.2, -0.15) is 0 Å². The van der Waals surface area contributed by atoms with Crippen LogP contribution in [-0.2, 0) is 6.54 Å². The van der Waals surface area contributed by atoms with Crippen molar-refractivity contribution in [1.82, 2.24) is 10.2 Å². The Morgan fingerprint density at radius 2 is 2.11 bits per heavy atom. The molecule has 0 spiro atoms. The number of benzene rings is 1. The zero-order valence-corrected chi connectivity index (χ0v) is 12.4. The summed E-state index contributed by atoms with van der Waals surface area (Å²) >= 11 is 12.2. The summed E-state index contributed by atoms with van der Waals surface area (Å²) in [5.41, 5.74) is 1.15. The number of hydrogen-bond donors (Lipinski definition) is 1. The maximum Gasteiger partial charge on any atom is 0.0465 e. The molecular formula is C14H20Cl2N2. The van der Waals surface area contributed by atoms with Gasteiger partial charge in [0.1, 0.15) is 0 Å². The number of nitrogens with zero attached hydrogens (tertiary/aromatic N) is 1. The lowest BCUT2D eigenvalue weighted by atomic mass is 10.1. The van der Waals surface area contributed by atoms with Gasteiger partial charge in [0.15, 0.2) is 0 Å². The third-order valence-electron chi connectivity index (χ3n) is 3.58. The third-order valence-corrected chi connectivity index (χ3v) is 4.16. The lowest BCUT2D eigenvalue weighted by molar-refractivity contribution is 0.199. The van der Waals surface area contributed by atoms with Crippen LogP contribution in [0.4, 0.5) is 0 Å². The average Bonchev–Trinajstić information content (AvgIpc) is 2.45. The predicted molar refractivity (Wildman–Crippen MR) is 78.4 cm³/mol. The first-order valence-electron chi connectivity index (χ1n) is 6.47. The van der Waals surface area contributed by atoms with Crippen molar-refractivity contribution >= 4 is 23.2 Å². The molecule has 100 valence electrons. The topological polar surface area (TPSA) is 15.3 Å². The van der Waals surface area contributed by atoms with Crippen molar-refractivity contribution in [3.8, 4) is 0 Å². The molecule has 0 radical (unpaired) electrons. The highest BCUT2D eigenvalue weighted by Gasteiger charge is 2.21. The molecule has 0 bridgehead atoms. The molecule has 4 heteroatoms. The van der Waals surface area contributed by atoms with Crippen molar-refractivity contribution in [1.29, 1.82) is 0 Å². The SMILES string of the molecule is CC1CN(Cc2ccc(Cl)cc2Cl)C(C)CCN1. The van der Waals surface area contributed by atoms with Crippen LogP contribution in [0.25, 0.3) is 0 Å². The van der Waals surface area contributed by atoms with Crippen molar-refractivity contribution < 1.29 is 0 Å². The summed E-state index contributed by atoms with van der Waals surface area (Å²) in [6.45, 7) is 7.55. The lowest BCUT2D eigenvalue weighted by Gasteiger charge is -2.28. The van der Waals surface area contributed by atoms with Crippen LogP contribution in [0.5, 0.6) is 0 Å². The highest BCUT2D eigenvalue weighted by atomic mass is 35.5. The van der Waals surface area contributed by atoms with E-state index in [0.29, 0.717) is 17.1 Å². The zero-order valence-electron chi connectivity index (χ0n) is 10.9. The van der Waals surface area contributed by atoms with Gasteiger partial charge in [-0.25, -0.2) is 0 Å². The summed E-state index contributed by atoms with van der Waals surface area (Å²) < 4.78 is 0. The molecule has 1 aromatic rings. The van der Waals surface area contributed by atoms with Crippen molar-refractivity contribution in [2.45, 2.75) is 38.9 Å². The maximum absolute atomic E-state index is 6.25. The minimum Gasteiger partial charge on any atom is -0.313 e. The van der Waals surface area contributed by atoms with Crippen molar-refractivity contribution in [3.63, 3.8) is 0 Å². The summed E-state index contributed by atoms with van der Waals surface area (Å²) in [7, 11) is 0. The molecule has 1 aliphatic rings. The van der Waals surface area contributed by atoms with Crippen LogP contribution < -0.4 is 5.32 Å². The number of nitrogens with one attached hydrogen (secondary N) is 1. The van der Waals surface area contributed by atoms with Gasteiger partial charge >= 0.3 is 0 Å². The Kier molecular flexibility index (Phi) is 4.91. The summed E-state index contributed by atoms with van der Waals surface area (Å²) in [5, 5.41) is 4.98. The van der Waals surface area contributed by atoms with E-state index in [1.165, 1.54) is 6.42 Å². The molecule has 1 N–H and O–H groups in total. The number of hydrogen-bond acceptors (Lipinski definition) is 2. The van der Waals surface area contributed by atoms with Crippen LogP contribution in [-0.4, -0.2) is 30.1 Å². The molecule has 0 aromatic heterocycles. The molecule has 1 heterocycles. The Balaban J connectivity index is 2.10. The molecular weight excluding hydrogens is 267 g/mol. The summed E-state index contributed by atoms with van der Waals surface area (Å²) in [5.74, 6) is 0. The van der Waals surface area contributed by atoms with Crippen LogP contribution in [0.1, 0.15) is 25.8 Å². The van der Waals surface area contributed by atoms with E-state index in [2.05, 4.69) is 24.1 Å². The first-order chi connectivity index (χ1) is 8.56. The fourth-order valence-corrected chi connectivity index (χ4v) is 2.87. The van der Waals surface area contributed by atoms with Crippen molar-refractivity contribution in [2.24, 2.45) is 0 Å². The fourth-order valence-electron chi connectivity index (χ4n) is 2.41. The van der Waals surface area contributed by atoms with E-state index < -0.39 is 0 Å². The molecule has 0 amide bonds. The van der Waals surface area contributed by atoms with Gasteiger partial charge in [0, 0.05) is 35.2 Å². The minimum atomic E-state index is 0.529. The first-order valence-corrected chi connectivity index (χ1v) is 7.23. The van der Waals surface area contributed by atoms with Gasteiger partial charge in [0.25, 0.3) is 0 Å². The quantitative estimate of drug-likeness (QED) is 0.894. The molecule has 1 aliphatic heterocycles.